The van der Waals surface area contributed by atoms with Gasteiger partial charge in [0.05, 0.1) is 12.8 Å². The first kappa shape index (κ1) is 14.7. The van der Waals surface area contributed by atoms with E-state index in [1.807, 2.05) is 6.07 Å². The third kappa shape index (κ3) is 3.33. The van der Waals surface area contributed by atoms with Crippen molar-refractivity contribution >= 4 is 5.69 Å². The van der Waals surface area contributed by atoms with E-state index < -0.39 is 0 Å². The number of hydrogen-bond acceptors (Lipinski definition) is 4. The molecule has 2 aliphatic rings. The fourth-order valence-electron chi connectivity index (χ4n) is 3.62. The lowest BCUT2D eigenvalue weighted by molar-refractivity contribution is 0.138. The predicted molar refractivity (Wildman–Crippen MR) is 87.2 cm³/mol. The average Bonchev–Trinajstić information content (AvgIpc) is 2.55. The number of anilines is 1. The van der Waals surface area contributed by atoms with Crippen molar-refractivity contribution in [3.63, 3.8) is 0 Å². The van der Waals surface area contributed by atoms with Crippen molar-refractivity contribution < 1.29 is 4.74 Å². The zero-order valence-corrected chi connectivity index (χ0v) is 13.2. The van der Waals surface area contributed by atoms with Crippen molar-refractivity contribution in [2.24, 2.45) is 5.92 Å². The molecular weight excluding hydrogens is 262 g/mol. The van der Waals surface area contributed by atoms with E-state index in [-0.39, 0.29) is 0 Å². The van der Waals surface area contributed by atoms with Crippen molar-refractivity contribution in [3.05, 3.63) is 24.3 Å². The van der Waals surface area contributed by atoms with Crippen LogP contribution in [0.1, 0.15) is 13.3 Å². The normalized spacial score (nSPS) is 27.6. The summed E-state index contributed by atoms with van der Waals surface area (Å²) in [6, 6.07) is 9.06. The third-order valence-electron chi connectivity index (χ3n) is 4.80. The van der Waals surface area contributed by atoms with Gasteiger partial charge >= 0.3 is 0 Å². The molecule has 21 heavy (non-hydrogen) atoms. The monoisotopic (exact) mass is 289 g/mol. The Labute approximate surface area is 128 Å². The molecule has 0 aliphatic carbocycles. The zero-order chi connectivity index (χ0) is 14.7. The second-order valence-electron chi connectivity index (χ2n) is 6.35. The zero-order valence-electron chi connectivity index (χ0n) is 13.2. The number of methoxy groups -OCH3 is 1. The van der Waals surface area contributed by atoms with Crippen molar-refractivity contribution in [3.8, 4) is 5.75 Å². The topological polar surface area (TPSA) is 27.7 Å². The number of hydrogen-bond donors (Lipinski definition) is 1. The number of nitrogens with one attached hydrogen (secondary N) is 1. The highest BCUT2D eigenvalue weighted by molar-refractivity contribution is 5.58. The van der Waals surface area contributed by atoms with Crippen LogP contribution in [0.3, 0.4) is 0 Å². The van der Waals surface area contributed by atoms with Crippen molar-refractivity contribution in [2.75, 3.05) is 51.3 Å². The summed E-state index contributed by atoms with van der Waals surface area (Å²) < 4.78 is 5.49. The molecule has 0 aromatic heterocycles. The summed E-state index contributed by atoms with van der Waals surface area (Å²) in [5.74, 6) is 1.79. The maximum Gasteiger partial charge on any atom is 0.142 e. The van der Waals surface area contributed by atoms with Crippen LogP contribution in [0.4, 0.5) is 5.69 Å². The summed E-state index contributed by atoms with van der Waals surface area (Å²) in [6.45, 7) is 9.16. The highest BCUT2D eigenvalue weighted by atomic mass is 16.5. The van der Waals surface area contributed by atoms with E-state index in [1.165, 1.54) is 18.7 Å². The van der Waals surface area contributed by atoms with Crippen LogP contribution in [0.2, 0.25) is 0 Å². The van der Waals surface area contributed by atoms with E-state index in [1.54, 1.807) is 7.11 Å². The maximum atomic E-state index is 5.49. The van der Waals surface area contributed by atoms with Crippen molar-refractivity contribution in [1.82, 2.24) is 10.2 Å². The smallest absolute Gasteiger partial charge is 0.142 e. The number of nitrogens with zero attached hydrogens (tertiary/aromatic N) is 2. The number of rotatable bonds is 3. The molecule has 3 rings (SSSR count). The SMILES string of the molecule is COc1ccccc1N1CCN(C2CNCC(C)C2)CC1. The fourth-order valence-corrected chi connectivity index (χ4v) is 3.62. The van der Waals surface area contributed by atoms with Gasteiger partial charge in [-0.1, -0.05) is 19.1 Å². The van der Waals surface area contributed by atoms with E-state index >= 15 is 0 Å². The molecule has 2 heterocycles. The Morgan fingerprint density at radius 1 is 1.10 bits per heavy atom. The molecule has 2 fully saturated rings. The van der Waals surface area contributed by atoms with Gasteiger partial charge in [-0.3, -0.25) is 4.90 Å². The molecule has 4 heteroatoms. The Morgan fingerprint density at radius 3 is 2.57 bits per heavy atom. The summed E-state index contributed by atoms with van der Waals surface area (Å²) in [6.07, 6.45) is 1.33. The summed E-state index contributed by atoms with van der Waals surface area (Å²) in [4.78, 5) is 5.11. The van der Waals surface area contributed by atoms with Gasteiger partial charge < -0.3 is 15.0 Å². The lowest BCUT2D eigenvalue weighted by Crippen LogP contribution is -2.55. The molecule has 1 N–H and O–H groups in total. The predicted octanol–water partition coefficient (Wildman–Crippen LogP) is 1.82. The molecule has 0 spiro atoms. The molecule has 2 atom stereocenters. The summed E-state index contributed by atoms with van der Waals surface area (Å²) >= 11 is 0. The summed E-state index contributed by atoms with van der Waals surface area (Å²) in [5.41, 5.74) is 1.23. The van der Waals surface area contributed by atoms with E-state index in [9.17, 15) is 0 Å². The summed E-state index contributed by atoms with van der Waals surface area (Å²) in [7, 11) is 1.75. The largest absolute Gasteiger partial charge is 0.495 e. The van der Waals surface area contributed by atoms with Gasteiger partial charge in [-0.2, -0.15) is 0 Å². The van der Waals surface area contributed by atoms with Crippen LogP contribution < -0.4 is 15.0 Å². The minimum atomic E-state index is 0.716. The number of para-hydroxylation sites is 2. The van der Waals surface area contributed by atoms with Crippen LogP contribution in [0.15, 0.2) is 24.3 Å². The van der Waals surface area contributed by atoms with E-state index in [2.05, 4.69) is 40.2 Å². The molecule has 116 valence electrons. The van der Waals surface area contributed by atoms with Crippen molar-refractivity contribution in [2.45, 2.75) is 19.4 Å². The Balaban J connectivity index is 1.60. The van der Waals surface area contributed by atoms with Crippen LogP contribution in [-0.2, 0) is 0 Å². The van der Waals surface area contributed by atoms with Crippen LogP contribution in [0, 0.1) is 5.92 Å². The summed E-state index contributed by atoms with van der Waals surface area (Å²) in [5, 5.41) is 3.57. The van der Waals surface area contributed by atoms with Crippen LogP contribution >= 0.6 is 0 Å². The molecule has 2 saturated heterocycles. The minimum absolute atomic E-state index is 0.716. The van der Waals surface area contributed by atoms with Crippen LogP contribution in [0.5, 0.6) is 5.75 Å². The lowest BCUT2D eigenvalue weighted by atomic mass is 9.96. The number of piperazine rings is 1. The van der Waals surface area contributed by atoms with Gasteiger partial charge in [0.15, 0.2) is 0 Å². The number of piperidine rings is 1. The maximum absolute atomic E-state index is 5.49. The molecule has 4 nitrogen and oxygen atoms in total. The second kappa shape index (κ2) is 6.67. The molecule has 1 aromatic carbocycles. The van der Waals surface area contributed by atoms with Crippen LogP contribution in [0.25, 0.3) is 0 Å². The average molecular weight is 289 g/mol. The molecule has 0 radical (unpaired) electrons. The van der Waals surface area contributed by atoms with Gasteiger partial charge in [-0.05, 0) is 31.0 Å². The minimum Gasteiger partial charge on any atom is -0.495 e. The Hall–Kier alpha value is -1.26. The van der Waals surface area contributed by atoms with Gasteiger partial charge in [0, 0.05) is 38.8 Å². The molecule has 1 aromatic rings. The van der Waals surface area contributed by atoms with Gasteiger partial charge in [-0.25, -0.2) is 0 Å². The van der Waals surface area contributed by atoms with E-state index in [0.717, 1.165) is 44.4 Å². The Bertz CT molecular complexity index is 457. The van der Waals surface area contributed by atoms with Gasteiger partial charge in [0.1, 0.15) is 5.75 Å². The van der Waals surface area contributed by atoms with E-state index in [0.29, 0.717) is 6.04 Å². The molecule has 2 aliphatic heterocycles. The second-order valence-corrected chi connectivity index (χ2v) is 6.35. The Kier molecular flexibility index (Phi) is 4.66. The molecular formula is C17H27N3O. The van der Waals surface area contributed by atoms with E-state index in [4.69, 9.17) is 4.74 Å². The standard InChI is InChI=1S/C17H27N3O/c1-14-11-15(13-18-12-14)19-7-9-20(10-8-19)16-5-3-4-6-17(16)21-2/h3-6,14-15,18H,7-13H2,1-2H3. The third-order valence-corrected chi connectivity index (χ3v) is 4.80. The highest BCUT2D eigenvalue weighted by Gasteiger charge is 2.28. The fraction of sp³-hybridized carbons (Fsp3) is 0.647. The lowest BCUT2D eigenvalue weighted by Gasteiger charge is -2.43. The van der Waals surface area contributed by atoms with Gasteiger partial charge in [-0.15, -0.1) is 0 Å². The molecule has 2 unspecified atom stereocenters. The first-order valence-corrected chi connectivity index (χ1v) is 8.10. The Morgan fingerprint density at radius 2 is 1.86 bits per heavy atom. The highest BCUT2D eigenvalue weighted by Crippen LogP contribution is 2.29. The molecule has 0 amide bonds. The molecule has 0 saturated carbocycles. The van der Waals surface area contributed by atoms with Crippen LogP contribution in [-0.4, -0.2) is 57.3 Å². The quantitative estimate of drug-likeness (QED) is 0.918. The first-order valence-electron chi connectivity index (χ1n) is 8.10. The number of ether oxygens (including phenoxy) is 1. The molecule has 0 bridgehead atoms. The van der Waals surface area contributed by atoms with Crippen molar-refractivity contribution in [1.29, 1.82) is 0 Å². The van der Waals surface area contributed by atoms with Gasteiger partial charge in [0.25, 0.3) is 0 Å². The van der Waals surface area contributed by atoms with Gasteiger partial charge in [0.2, 0.25) is 0 Å². The first-order chi connectivity index (χ1) is 10.3. The number of benzene rings is 1.